The van der Waals surface area contributed by atoms with Gasteiger partial charge in [0.25, 0.3) is 0 Å². The van der Waals surface area contributed by atoms with E-state index in [9.17, 15) is 0 Å². The third-order valence-corrected chi connectivity index (χ3v) is 4.95. The van der Waals surface area contributed by atoms with E-state index in [0.717, 1.165) is 35.9 Å². The predicted octanol–water partition coefficient (Wildman–Crippen LogP) is 1.94. The maximum absolute atomic E-state index is 6.20. The van der Waals surface area contributed by atoms with Crippen LogP contribution in [0.5, 0.6) is 0 Å². The molecular formula is C17H26BN3O2. The summed E-state index contributed by atoms with van der Waals surface area (Å²) < 4.78 is 14.4. The SMILES string of the molecule is CNCCCn1cc2c(B3OC(C)(C)C(C)(C)O3)cccc2n1. The highest BCUT2D eigenvalue weighted by Crippen LogP contribution is 2.36. The van der Waals surface area contributed by atoms with Crippen LogP contribution >= 0.6 is 0 Å². The third kappa shape index (κ3) is 3.03. The highest BCUT2D eigenvalue weighted by molar-refractivity contribution is 6.65. The average Bonchev–Trinajstić information content (AvgIpc) is 2.97. The molecule has 0 spiro atoms. The normalized spacial score (nSPS) is 19.6. The summed E-state index contributed by atoms with van der Waals surface area (Å²) in [7, 11) is 1.62. The quantitative estimate of drug-likeness (QED) is 0.677. The van der Waals surface area contributed by atoms with Crippen molar-refractivity contribution in [3.8, 4) is 0 Å². The fourth-order valence-corrected chi connectivity index (χ4v) is 2.82. The van der Waals surface area contributed by atoms with Gasteiger partial charge in [-0.3, -0.25) is 4.68 Å². The number of nitrogens with one attached hydrogen (secondary N) is 1. The lowest BCUT2D eigenvalue weighted by Gasteiger charge is -2.32. The van der Waals surface area contributed by atoms with Crippen molar-refractivity contribution in [2.24, 2.45) is 0 Å². The number of aryl methyl sites for hydroxylation is 1. The van der Waals surface area contributed by atoms with Crippen molar-refractivity contribution in [1.82, 2.24) is 15.1 Å². The van der Waals surface area contributed by atoms with E-state index in [4.69, 9.17) is 9.31 Å². The van der Waals surface area contributed by atoms with E-state index in [1.54, 1.807) is 0 Å². The minimum absolute atomic E-state index is 0.331. The number of fused-ring (bicyclic) bond motifs is 1. The van der Waals surface area contributed by atoms with Gasteiger partial charge in [-0.05, 0) is 59.2 Å². The Hall–Kier alpha value is -1.37. The molecular weight excluding hydrogens is 289 g/mol. The molecule has 1 fully saturated rings. The number of hydrogen-bond donors (Lipinski definition) is 1. The Bertz CT molecular complexity index is 680. The summed E-state index contributed by atoms with van der Waals surface area (Å²) >= 11 is 0. The first-order valence-electron chi connectivity index (χ1n) is 8.30. The molecule has 0 unspecified atom stereocenters. The van der Waals surface area contributed by atoms with E-state index < -0.39 is 0 Å². The summed E-state index contributed by atoms with van der Waals surface area (Å²) in [5.41, 5.74) is 1.38. The van der Waals surface area contributed by atoms with Crippen LogP contribution in [0.2, 0.25) is 0 Å². The summed E-state index contributed by atoms with van der Waals surface area (Å²) in [6.07, 6.45) is 3.15. The lowest BCUT2D eigenvalue weighted by atomic mass is 9.77. The molecule has 2 heterocycles. The Labute approximate surface area is 138 Å². The van der Waals surface area contributed by atoms with Gasteiger partial charge in [-0.1, -0.05) is 12.1 Å². The molecule has 0 aliphatic carbocycles. The monoisotopic (exact) mass is 315 g/mol. The minimum atomic E-state index is -0.348. The lowest BCUT2D eigenvalue weighted by Crippen LogP contribution is -2.41. The fourth-order valence-electron chi connectivity index (χ4n) is 2.82. The number of hydrogen-bond acceptors (Lipinski definition) is 4. The molecule has 124 valence electrons. The Morgan fingerprint density at radius 2 is 1.87 bits per heavy atom. The zero-order valence-electron chi connectivity index (χ0n) is 14.7. The first-order chi connectivity index (χ1) is 10.8. The van der Waals surface area contributed by atoms with Crippen LogP contribution in [0, 0.1) is 0 Å². The Morgan fingerprint density at radius 1 is 1.17 bits per heavy atom. The maximum Gasteiger partial charge on any atom is 0.495 e. The van der Waals surface area contributed by atoms with Crippen LogP contribution in [0.3, 0.4) is 0 Å². The average molecular weight is 315 g/mol. The van der Waals surface area contributed by atoms with Gasteiger partial charge in [0.2, 0.25) is 0 Å². The van der Waals surface area contributed by atoms with E-state index in [1.165, 1.54) is 0 Å². The summed E-state index contributed by atoms with van der Waals surface area (Å²) in [6.45, 7) is 10.2. The minimum Gasteiger partial charge on any atom is -0.399 e. The van der Waals surface area contributed by atoms with Gasteiger partial charge in [0.15, 0.2) is 0 Å². The molecule has 1 N–H and O–H groups in total. The molecule has 0 radical (unpaired) electrons. The zero-order valence-corrected chi connectivity index (χ0v) is 14.7. The number of aromatic nitrogens is 2. The topological polar surface area (TPSA) is 48.3 Å². The van der Waals surface area contributed by atoms with E-state index in [-0.39, 0.29) is 18.3 Å². The van der Waals surface area contributed by atoms with Crippen LogP contribution in [0.4, 0.5) is 0 Å². The molecule has 1 aliphatic heterocycles. The molecule has 2 aromatic rings. The number of nitrogens with zero attached hydrogens (tertiary/aromatic N) is 2. The molecule has 1 aromatic heterocycles. The Balaban J connectivity index is 1.90. The molecule has 6 heteroatoms. The van der Waals surface area contributed by atoms with Crippen LogP contribution in [0.25, 0.3) is 10.9 Å². The van der Waals surface area contributed by atoms with Crippen molar-refractivity contribution in [2.75, 3.05) is 13.6 Å². The van der Waals surface area contributed by atoms with Crippen LogP contribution in [0.15, 0.2) is 24.4 Å². The second-order valence-electron chi connectivity index (χ2n) is 7.22. The van der Waals surface area contributed by atoms with Gasteiger partial charge in [0.1, 0.15) is 0 Å². The second-order valence-corrected chi connectivity index (χ2v) is 7.22. The molecule has 0 amide bonds. The van der Waals surface area contributed by atoms with Gasteiger partial charge in [-0.25, -0.2) is 0 Å². The van der Waals surface area contributed by atoms with Gasteiger partial charge in [-0.2, -0.15) is 5.10 Å². The first-order valence-corrected chi connectivity index (χ1v) is 8.30. The van der Waals surface area contributed by atoms with E-state index >= 15 is 0 Å². The zero-order chi connectivity index (χ0) is 16.7. The van der Waals surface area contributed by atoms with Crippen molar-refractivity contribution in [3.05, 3.63) is 24.4 Å². The molecule has 1 saturated heterocycles. The first kappa shape index (κ1) is 16.5. The molecule has 0 saturated carbocycles. The van der Waals surface area contributed by atoms with E-state index in [2.05, 4.69) is 50.4 Å². The molecule has 5 nitrogen and oxygen atoms in total. The van der Waals surface area contributed by atoms with E-state index in [1.807, 2.05) is 23.9 Å². The molecule has 0 bridgehead atoms. The van der Waals surface area contributed by atoms with Crippen LogP contribution < -0.4 is 10.8 Å². The number of benzene rings is 1. The fraction of sp³-hybridized carbons (Fsp3) is 0.588. The molecule has 3 rings (SSSR count). The van der Waals surface area contributed by atoms with Crippen molar-refractivity contribution >= 4 is 23.5 Å². The highest BCUT2D eigenvalue weighted by Gasteiger charge is 2.52. The van der Waals surface area contributed by atoms with Crippen LogP contribution in [-0.4, -0.2) is 41.7 Å². The standard InChI is InChI=1S/C17H26BN3O2/c1-16(2)17(3,4)23-18(22-16)14-8-6-9-15-13(14)12-21(20-15)11-7-10-19-5/h6,8-9,12,19H,7,10-11H2,1-5H3. The van der Waals surface area contributed by atoms with Crippen LogP contribution in [-0.2, 0) is 15.9 Å². The molecule has 23 heavy (non-hydrogen) atoms. The molecule has 1 aliphatic rings. The van der Waals surface area contributed by atoms with Gasteiger partial charge >= 0.3 is 7.12 Å². The van der Waals surface area contributed by atoms with E-state index in [0.29, 0.717) is 0 Å². The molecule has 0 atom stereocenters. The van der Waals surface area contributed by atoms with Crippen molar-refractivity contribution in [3.63, 3.8) is 0 Å². The van der Waals surface area contributed by atoms with Gasteiger partial charge in [-0.15, -0.1) is 0 Å². The summed E-state index contributed by atoms with van der Waals surface area (Å²) in [5.74, 6) is 0. The smallest absolute Gasteiger partial charge is 0.399 e. The van der Waals surface area contributed by atoms with Gasteiger partial charge in [0.05, 0.1) is 16.7 Å². The van der Waals surface area contributed by atoms with Crippen molar-refractivity contribution < 1.29 is 9.31 Å². The Kier molecular flexibility index (Phi) is 4.25. The maximum atomic E-state index is 6.20. The largest absolute Gasteiger partial charge is 0.495 e. The van der Waals surface area contributed by atoms with Crippen molar-refractivity contribution in [2.45, 2.75) is 51.9 Å². The number of rotatable bonds is 5. The second kappa shape index (κ2) is 5.93. The highest BCUT2D eigenvalue weighted by atomic mass is 16.7. The lowest BCUT2D eigenvalue weighted by molar-refractivity contribution is 0.00578. The van der Waals surface area contributed by atoms with Crippen molar-refractivity contribution in [1.29, 1.82) is 0 Å². The Morgan fingerprint density at radius 3 is 2.52 bits per heavy atom. The molecule has 1 aromatic carbocycles. The summed E-state index contributed by atoms with van der Waals surface area (Å²) in [5, 5.41) is 8.94. The summed E-state index contributed by atoms with van der Waals surface area (Å²) in [6, 6.07) is 6.14. The predicted molar refractivity (Wildman–Crippen MR) is 94.0 cm³/mol. The van der Waals surface area contributed by atoms with Gasteiger partial charge in [0, 0.05) is 18.1 Å². The van der Waals surface area contributed by atoms with Gasteiger partial charge < -0.3 is 14.6 Å². The third-order valence-electron chi connectivity index (χ3n) is 4.95. The summed E-state index contributed by atoms with van der Waals surface area (Å²) in [4.78, 5) is 0. The van der Waals surface area contributed by atoms with Crippen LogP contribution in [0.1, 0.15) is 34.1 Å².